The predicted molar refractivity (Wildman–Crippen MR) is 153 cm³/mol. The first-order valence-corrected chi connectivity index (χ1v) is 20.0. The van der Waals surface area contributed by atoms with E-state index in [0.29, 0.717) is 12.1 Å². The summed E-state index contributed by atoms with van der Waals surface area (Å²) < 4.78 is 0. The summed E-state index contributed by atoms with van der Waals surface area (Å²) in [7, 11) is -1.72. The third-order valence-electron chi connectivity index (χ3n) is 4.19. The van der Waals surface area contributed by atoms with Gasteiger partial charge in [0.15, 0.2) is 0 Å². The van der Waals surface area contributed by atoms with Gasteiger partial charge in [0.05, 0.1) is 0 Å². The van der Waals surface area contributed by atoms with Crippen LogP contribution < -0.4 is 0 Å². The standard InChI is InChI=1S/C17H38N4.2C4H11Si.Tb/c1-7-20(8-2)13-11-18-16(5)15-17(6)19-12-14-21(9-3)10-4;2*1-5(2,3)4;/h16-17H,7-15H2,1-6H3;2*1H2,2-4H3;/q-2;2*-1;. The molecule has 0 bridgehead atoms. The second-order valence-corrected chi connectivity index (χ2v) is 21.2. The van der Waals surface area contributed by atoms with Crippen molar-refractivity contribution in [1.29, 1.82) is 0 Å². The Balaban J connectivity index is -0.000000296. The van der Waals surface area contributed by atoms with Crippen LogP contribution in [0.1, 0.15) is 48.0 Å². The van der Waals surface area contributed by atoms with Gasteiger partial charge in [0, 0.05) is 38.6 Å². The van der Waals surface area contributed by atoms with Gasteiger partial charge < -0.3 is 33.5 Å². The summed E-state index contributed by atoms with van der Waals surface area (Å²) in [6.07, 6.45) is 1.08. The zero-order chi connectivity index (χ0) is 25.1. The van der Waals surface area contributed by atoms with Crippen molar-refractivity contribution in [3.63, 3.8) is 0 Å². The molecule has 4 nitrogen and oxygen atoms in total. The van der Waals surface area contributed by atoms with Crippen LogP contribution in [-0.2, 0) is 0 Å². The minimum absolute atomic E-state index is 0. The topological polar surface area (TPSA) is 34.7 Å². The molecule has 0 aliphatic carbocycles. The van der Waals surface area contributed by atoms with Crippen molar-refractivity contribution in [1.82, 2.24) is 9.80 Å². The number of nitrogens with zero attached hydrogens (tertiary/aromatic N) is 4. The van der Waals surface area contributed by atoms with Crippen molar-refractivity contribution in [2.24, 2.45) is 0 Å². The fraction of sp³-hybridized carbons (Fsp3) is 0.920. The van der Waals surface area contributed by atoms with Crippen LogP contribution in [0.5, 0.6) is 0 Å². The van der Waals surface area contributed by atoms with Gasteiger partial charge >= 0.3 is 0 Å². The average Bonchev–Trinajstić information content (AvgIpc) is 2.59. The molecule has 201 valence electrons. The number of likely N-dealkylation sites (N-methyl/N-ethyl adjacent to an activating group) is 2. The minimum atomic E-state index is -0.861. The molecule has 0 aromatic rings. The summed E-state index contributed by atoms with van der Waals surface area (Å²) in [5, 5.41) is 9.53. The molecule has 0 rings (SSSR count). The van der Waals surface area contributed by atoms with Gasteiger partial charge in [0.2, 0.25) is 0 Å². The zero-order valence-electron chi connectivity index (χ0n) is 24.1. The van der Waals surface area contributed by atoms with Crippen molar-refractivity contribution in [3.8, 4) is 0 Å². The largest absolute Gasteiger partial charge is 0.659 e. The fourth-order valence-corrected chi connectivity index (χ4v) is 2.56. The first-order valence-electron chi connectivity index (χ1n) is 12.6. The molecule has 2 unspecified atom stereocenters. The molecule has 0 saturated heterocycles. The molecule has 7 heteroatoms. The first-order chi connectivity index (χ1) is 14.1. The van der Waals surface area contributed by atoms with Gasteiger partial charge in [-0.3, -0.25) is 0 Å². The van der Waals surface area contributed by atoms with E-state index in [-0.39, 0.29) is 38.6 Å². The van der Waals surface area contributed by atoms with Crippen LogP contribution in [-0.4, -0.2) is 90.4 Å². The number of hydrogen-bond donors (Lipinski definition) is 0. The van der Waals surface area contributed by atoms with E-state index < -0.39 is 16.1 Å². The first kappa shape index (κ1) is 40.7. The van der Waals surface area contributed by atoms with Gasteiger partial charge in [-0.1, -0.05) is 87.2 Å². The monoisotopic (exact) mass is 631 g/mol. The molecule has 1 radical (unpaired) electrons. The summed E-state index contributed by atoms with van der Waals surface area (Å²) in [4.78, 5) is 4.85. The minimum Gasteiger partial charge on any atom is -0.659 e. The Kier molecular flexibility index (Phi) is 30.9. The van der Waals surface area contributed by atoms with Crippen LogP contribution in [0.15, 0.2) is 0 Å². The van der Waals surface area contributed by atoms with E-state index >= 15 is 0 Å². The quantitative estimate of drug-likeness (QED) is 0.153. The SMILES string of the molecule is CCN(CC)CC[N-]C(C)CC(C)[N-]CCN(CC)CC.[CH2-][Si](C)(C)C.[CH2-][Si](C)(C)C.[Tb]. The van der Waals surface area contributed by atoms with Crippen LogP contribution in [0.4, 0.5) is 0 Å². The maximum atomic E-state index is 4.76. The molecule has 32 heavy (non-hydrogen) atoms. The maximum absolute atomic E-state index is 4.76. The molecular weight excluding hydrogens is 571 g/mol. The Hall–Kier alpha value is 1.56. The second kappa shape index (κ2) is 24.3. The Morgan fingerprint density at radius 1 is 0.625 bits per heavy atom. The Labute approximate surface area is 238 Å². The summed E-state index contributed by atoms with van der Waals surface area (Å²) >= 11 is 0. The third-order valence-corrected chi connectivity index (χ3v) is 4.19. The summed E-state index contributed by atoms with van der Waals surface area (Å²) in [5.41, 5.74) is 0. The van der Waals surface area contributed by atoms with Crippen LogP contribution in [0, 0.1) is 51.7 Å². The zero-order valence-corrected chi connectivity index (χ0v) is 28.2. The van der Waals surface area contributed by atoms with Crippen molar-refractivity contribution in [2.45, 2.75) is 99.3 Å². The molecule has 0 aromatic heterocycles. The van der Waals surface area contributed by atoms with E-state index in [1.807, 2.05) is 0 Å². The van der Waals surface area contributed by atoms with Crippen LogP contribution in [0.2, 0.25) is 39.3 Å². The second-order valence-electron chi connectivity index (χ2n) is 10.9. The van der Waals surface area contributed by atoms with Crippen molar-refractivity contribution in [3.05, 3.63) is 23.7 Å². The molecule has 0 saturated carbocycles. The van der Waals surface area contributed by atoms with Crippen molar-refractivity contribution < 1.29 is 38.6 Å². The molecular formula is C25H60N4Si2Tb-4. The molecule has 2 atom stereocenters. The van der Waals surface area contributed by atoms with Gasteiger partial charge in [-0.15, -0.1) is 41.3 Å². The van der Waals surface area contributed by atoms with E-state index in [0.717, 1.165) is 58.8 Å². The maximum Gasteiger partial charge on any atom is 0 e. The van der Waals surface area contributed by atoms with E-state index in [2.05, 4.69) is 104 Å². The molecule has 0 N–H and O–H groups in total. The smallest absolute Gasteiger partial charge is 0 e. The van der Waals surface area contributed by atoms with Gasteiger partial charge in [0.1, 0.15) is 0 Å². The van der Waals surface area contributed by atoms with E-state index in [1.54, 1.807) is 0 Å². The Morgan fingerprint density at radius 3 is 1.03 bits per heavy atom. The Bertz CT molecular complexity index is 320. The molecule has 0 heterocycles. The normalized spacial score (nSPS) is 13.5. The van der Waals surface area contributed by atoms with Gasteiger partial charge in [-0.25, -0.2) is 0 Å². The molecule has 0 fully saturated rings. The summed E-state index contributed by atoms with van der Waals surface area (Å²) in [6.45, 7) is 43.0. The summed E-state index contributed by atoms with van der Waals surface area (Å²) in [5.74, 6) is 0. The van der Waals surface area contributed by atoms with Gasteiger partial charge in [-0.2, -0.15) is 0 Å². The molecule has 0 aliphatic heterocycles. The molecule has 0 aromatic carbocycles. The van der Waals surface area contributed by atoms with Crippen LogP contribution in [0.3, 0.4) is 0 Å². The van der Waals surface area contributed by atoms with Crippen LogP contribution in [0.25, 0.3) is 10.6 Å². The van der Waals surface area contributed by atoms with Crippen molar-refractivity contribution in [2.75, 3.05) is 52.4 Å². The van der Waals surface area contributed by atoms with Crippen LogP contribution >= 0.6 is 0 Å². The van der Waals surface area contributed by atoms with Gasteiger partial charge in [-0.05, 0) is 39.3 Å². The van der Waals surface area contributed by atoms with E-state index in [4.69, 9.17) is 10.6 Å². The fourth-order valence-electron chi connectivity index (χ4n) is 2.56. The third kappa shape index (κ3) is 45.1. The van der Waals surface area contributed by atoms with Crippen molar-refractivity contribution >= 4 is 16.1 Å². The number of rotatable bonds is 14. The predicted octanol–water partition coefficient (Wildman–Crippen LogP) is 6.98. The average molecular weight is 632 g/mol. The summed E-state index contributed by atoms with van der Waals surface area (Å²) in [6, 6.07) is 0.848. The number of hydrogen-bond acceptors (Lipinski definition) is 2. The molecule has 0 spiro atoms. The van der Waals surface area contributed by atoms with Gasteiger partial charge in [0.25, 0.3) is 0 Å². The van der Waals surface area contributed by atoms with E-state index in [9.17, 15) is 0 Å². The van der Waals surface area contributed by atoms with E-state index in [1.165, 1.54) is 0 Å². The Morgan fingerprint density at radius 2 is 0.844 bits per heavy atom. The molecule has 0 aliphatic rings. The molecule has 0 amide bonds.